The first-order valence-electron chi connectivity index (χ1n) is 9.66. The number of nitrogens with zero attached hydrogens (tertiary/aromatic N) is 2. The van der Waals surface area contributed by atoms with E-state index in [0.29, 0.717) is 44.2 Å². The minimum Gasteiger partial charge on any atom is -0.375 e. The lowest BCUT2D eigenvalue weighted by Crippen LogP contribution is -2.60. The predicted molar refractivity (Wildman–Crippen MR) is 103 cm³/mol. The van der Waals surface area contributed by atoms with Crippen LogP contribution in [0.2, 0.25) is 0 Å². The Morgan fingerprint density at radius 1 is 1.19 bits per heavy atom. The zero-order valence-corrected chi connectivity index (χ0v) is 16.9. The molecule has 150 valence electrons. The Labute approximate surface area is 161 Å². The van der Waals surface area contributed by atoms with E-state index in [1.165, 1.54) is 4.31 Å². The average Bonchev–Trinajstić information content (AvgIpc) is 2.69. The van der Waals surface area contributed by atoms with Crippen molar-refractivity contribution in [3.8, 4) is 0 Å². The minimum atomic E-state index is -3.52. The first kappa shape index (κ1) is 20.3. The van der Waals surface area contributed by atoms with E-state index in [0.717, 1.165) is 18.4 Å². The number of piperazine rings is 1. The van der Waals surface area contributed by atoms with E-state index in [9.17, 15) is 13.2 Å². The Balaban J connectivity index is 1.61. The van der Waals surface area contributed by atoms with Gasteiger partial charge in [0.15, 0.2) is 0 Å². The van der Waals surface area contributed by atoms with Crippen molar-refractivity contribution >= 4 is 15.9 Å². The standard InChI is InChI=1S/C19H29N3O4S/c1-3-4-16-5-7-17(8-6-16)27(24,25)22-12-10-21(11-13-22)19(23)18-15(2)26-14-9-20-18/h5-8,15,18,20H,3-4,9-14H2,1-2H3/t15-,18+/m1/s1. The predicted octanol–water partition coefficient (Wildman–Crippen LogP) is 0.849. The number of benzene rings is 1. The van der Waals surface area contributed by atoms with E-state index < -0.39 is 10.0 Å². The van der Waals surface area contributed by atoms with Gasteiger partial charge < -0.3 is 15.0 Å². The number of carbonyl (C=O) groups excluding carboxylic acids is 1. The highest BCUT2D eigenvalue weighted by molar-refractivity contribution is 7.89. The Hall–Kier alpha value is -1.48. The molecule has 2 atom stereocenters. The largest absolute Gasteiger partial charge is 0.375 e. The summed E-state index contributed by atoms with van der Waals surface area (Å²) < 4.78 is 32.8. The number of amides is 1. The molecule has 0 bridgehead atoms. The number of aryl methyl sites for hydroxylation is 1. The van der Waals surface area contributed by atoms with Gasteiger partial charge in [0.25, 0.3) is 0 Å². The highest BCUT2D eigenvalue weighted by Crippen LogP contribution is 2.19. The van der Waals surface area contributed by atoms with E-state index >= 15 is 0 Å². The third kappa shape index (κ3) is 4.51. The highest BCUT2D eigenvalue weighted by atomic mass is 32.2. The molecule has 1 aromatic rings. The van der Waals surface area contributed by atoms with Crippen LogP contribution >= 0.6 is 0 Å². The normalized spacial score (nSPS) is 24.7. The van der Waals surface area contributed by atoms with Crippen molar-refractivity contribution in [2.75, 3.05) is 39.3 Å². The highest BCUT2D eigenvalue weighted by Gasteiger charge is 2.35. The summed E-state index contributed by atoms with van der Waals surface area (Å²) in [6, 6.07) is 6.78. The molecule has 1 aromatic carbocycles. The molecule has 0 saturated carbocycles. The first-order chi connectivity index (χ1) is 12.9. The molecule has 2 aliphatic heterocycles. The lowest BCUT2D eigenvalue weighted by atomic mass is 10.1. The summed E-state index contributed by atoms with van der Waals surface area (Å²) in [6.07, 6.45) is 1.80. The average molecular weight is 396 g/mol. The molecule has 3 rings (SSSR count). The number of hydrogen-bond donors (Lipinski definition) is 1. The molecule has 2 saturated heterocycles. The van der Waals surface area contributed by atoms with Crippen molar-refractivity contribution in [1.82, 2.24) is 14.5 Å². The summed E-state index contributed by atoms with van der Waals surface area (Å²) in [6.45, 7) is 6.67. The fourth-order valence-corrected chi connectivity index (χ4v) is 5.04. The van der Waals surface area contributed by atoms with Crippen LogP contribution < -0.4 is 5.32 Å². The topological polar surface area (TPSA) is 79.0 Å². The maximum atomic E-state index is 12.9. The monoisotopic (exact) mass is 395 g/mol. The Kier molecular flexibility index (Phi) is 6.52. The number of nitrogens with one attached hydrogen (secondary N) is 1. The summed E-state index contributed by atoms with van der Waals surface area (Å²) >= 11 is 0. The number of carbonyl (C=O) groups is 1. The molecule has 2 heterocycles. The van der Waals surface area contributed by atoms with Gasteiger partial charge in [-0.15, -0.1) is 0 Å². The van der Waals surface area contributed by atoms with Crippen LogP contribution in [0.4, 0.5) is 0 Å². The van der Waals surface area contributed by atoms with Crippen LogP contribution in [0.25, 0.3) is 0 Å². The lowest BCUT2D eigenvalue weighted by molar-refractivity contribution is -0.140. The van der Waals surface area contributed by atoms with Crippen molar-refractivity contribution in [3.63, 3.8) is 0 Å². The van der Waals surface area contributed by atoms with Gasteiger partial charge in [-0.1, -0.05) is 25.5 Å². The number of ether oxygens (including phenoxy) is 1. The van der Waals surface area contributed by atoms with Gasteiger partial charge in [-0.25, -0.2) is 8.42 Å². The van der Waals surface area contributed by atoms with Gasteiger partial charge in [0.2, 0.25) is 15.9 Å². The van der Waals surface area contributed by atoms with Gasteiger partial charge >= 0.3 is 0 Å². The van der Waals surface area contributed by atoms with Crippen molar-refractivity contribution in [3.05, 3.63) is 29.8 Å². The SMILES string of the molecule is CCCc1ccc(S(=O)(=O)N2CCN(C(=O)[C@H]3NCCO[C@@H]3C)CC2)cc1. The summed E-state index contributed by atoms with van der Waals surface area (Å²) in [5.41, 5.74) is 1.14. The molecule has 0 unspecified atom stereocenters. The third-order valence-corrected chi connectivity index (χ3v) is 7.15. The Bertz CT molecular complexity index is 743. The van der Waals surface area contributed by atoms with Gasteiger partial charge in [-0.2, -0.15) is 4.31 Å². The molecule has 2 aliphatic rings. The van der Waals surface area contributed by atoms with E-state index in [1.54, 1.807) is 17.0 Å². The van der Waals surface area contributed by atoms with Crippen LogP contribution in [0.1, 0.15) is 25.8 Å². The minimum absolute atomic E-state index is 0.0110. The second kappa shape index (κ2) is 8.68. The van der Waals surface area contributed by atoms with Crippen LogP contribution in [0.15, 0.2) is 29.2 Å². The second-order valence-corrected chi connectivity index (χ2v) is 9.07. The lowest BCUT2D eigenvalue weighted by Gasteiger charge is -2.38. The number of rotatable bonds is 5. The maximum absolute atomic E-state index is 12.9. The number of hydrogen-bond acceptors (Lipinski definition) is 5. The first-order valence-corrected chi connectivity index (χ1v) is 11.1. The van der Waals surface area contributed by atoms with Crippen molar-refractivity contribution < 1.29 is 17.9 Å². The quantitative estimate of drug-likeness (QED) is 0.800. The fourth-order valence-electron chi connectivity index (χ4n) is 3.62. The summed E-state index contributed by atoms with van der Waals surface area (Å²) in [5, 5.41) is 3.20. The molecule has 8 heteroatoms. The molecule has 2 fully saturated rings. The zero-order chi connectivity index (χ0) is 19.4. The number of morpholine rings is 1. The van der Waals surface area contributed by atoms with Crippen molar-refractivity contribution in [1.29, 1.82) is 0 Å². The van der Waals surface area contributed by atoms with E-state index in [1.807, 2.05) is 19.1 Å². The molecular formula is C19H29N3O4S. The van der Waals surface area contributed by atoms with Crippen LogP contribution in [0.5, 0.6) is 0 Å². The van der Waals surface area contributed by atoms with Crippen LogP contribution in [-0.4, -0.2) is 75.0 Å². The Morgan fingerprint density at radius 2 is 1.85 bits per heavy atom. The smallest absolute Gasteiger partial charge is 0.243 e. The van der Waals surface area contributed by atoms with Gasteiger partial charge in [0.1, 0.15) is 6.04 Å². The molecule has 1 amide bonds. The Morgan fingerprint density at radius 3 is 2.44 bits per heavy atom. The summed E-state index contributed by atoms with van der Waals surface area (Å²) in [4.78, 5) is 14.8. The van der Waals surface area contributed by atoms with Gasteiger partial charge in [0, 0.05) is 32.7 Å². The molecule has 0 aliphatic carbocycles. The summed E-state index contributed by atoms with van der Waals surface area (Å²) in [5.74, 6) is -0.0110. The van der Waals surface area contributed by atoms with Crippen molar-refractivity contribution in [2.24, 2.45) is 0 Å². The van der Waals surface area contributed by atoms with Crippen LogP contribution in [-0.2, 0) is 26.0 Å². The van der Waals surface area contributed by atoms with Crippen LogP contribution in [0, 0.1) is 0 Å². The zero-order valence-electron chi connectivity index (χ0n) is 16.1. The molecule has 0 aromatic heterocycles. The molecule has 0 spiro atoms. The molecular weight excluding hydrogens is 366 g/mol. The fraction of sp³-hybridized carbons (Fsp3) is 0.632. The second-order valence-electron chi connectivity index (χ2n) is 7.13. The van der Waals surface area contributed by atoms with E-state index in [2.05, 4.69) is 12.2 Å². The molecule has 7 nitrogen and oxygen atoms in total. The van der Waals surface area contributed by atoms with Crippen molar-refractivity contribution in [2.45, 2.75) is 43.7 Å². The summed E-state index contributed by atoms with van der Waals surface area (Å²) in [7, 11) is -3.52. The van der Waals surface area contributed by atoms with Gasteiger partial charge in [0.05, 0.1) is 17.6 Å². The van der Waals surface area contributed by atoms with E-state index in [4.69, 9.17) is 4.74 Å². The van der Waals surface area contributed by atoms with E-state index in [-0.39, 0.29) is 18.1 Å². The third-order valence-electron chi connectivity index (χ3n) is 5.23. The van der Waals surface area contributed by atoms with Crippen LogP contribution in [0.3, 0.4) is 0 Å². The molecule has 1 N–H and O–H groups in total. The van der Waals surface area contributed by atoms with Gasteiger partial charge in [-0.3, -0.25) is 4.79 Å². The van der Waals surface area contributed by atoms with Gasteiger partial charge in [-0.05, 0) is 31.0 Å². The maximum Gasteiger partial charge on any atom is 0.243 e. The molecule has 0 radical (unpaired) electrons. The number of sulfonamides is 1. The molecule has 27 heavy (non-hydrogen) atoms.